The predicted molar refractivity (Wildman–Crippen MR) is 96.0 cm³/mol. The van der Waals surface area contributed by atoms with Gasteiger partial charge in [0.25, 0.3) is 0 Å². The molecule has 0 amide bonds. The van der Waals surface area contributed by atoms with E-state index in [1.807, 2.05) is 26.8 Å². The van der Waals surface area contributed by atoms with E-state index in [2.05, 4.69) is 13.5 Å². The summed E-state index contributed by atoms with van der Waals surface area (Å²) in [6.45, 7) is 11.8. The van der Waals surface area contributed by atoms with E-state index in [4.69, 9.17) is 4.74 Å². The minimum atomic E-state index is -0.394. The van der Waals surface area contributed by atoms with Crippen molar-refractivity contribution in [1.29, 1.82) is 0 Å². The molecule has 2 nitrogen and oxygen atoms in total. The summed E-state index contributed by atoms with van der Waals surface area (Å²) < 4.78 is 5.50. The van der Waals surface area contributed by atoms with Gasteiger partial charge in [0.05, 0.1) is 5.92 Å². The lowest BCUT2D eigenvalue weighted by Gasteiger charge is -2.23. The maximum Gasteiger partial charge on any atom is 0.309 e. The Hall–Kier alpha value is -0.790. The molecular weight excluding hydrogens is 272 g/mol. The van der Waals surface area contributed by atoms with E-state index in [-0.39, 0.29) is 11.9 Å². The third-order valence-electron chi connectivity index (χ3n) is 3.85. The second kappa shape index (κ2) is 12.7. The van der Waals surface area contributed by atoms with Crippen molar-refractivity contribution in [1.82, 2.24) is 0 Å². The van der Waals surface area contributed by atoms with Crippen LogP contribution in [0.2, 0.25) is 0 Å². The average Bonchev–Trinajstić information content (AvgIpc) is 2.42. The van der Waals surface area contributed by atoms with Gasteiger partial charge in [-0.2, -0.15) is 0 Å². The van der Waals surface area contributed by atoms with Gasteiger partial charge in [-0.05, 0) is 33.6 Å². The van der Waals surface area contributed by atoms with Gasteiger partial charge in [0.1, 0.15) is 5.60 Å². The summed E-state index contributed by atoms with van der Waals surface area (Å²) in [4.78, 5) is 12.1. The quantitative estimate of drug-likeness (QED) is 0.222. The zero-order valence-electron chi connectivity index (χ0n) is 15.5. The van der Waals surface area contributed by atoms with Crippen molar-refractivity contribution in [2.75, 3.05) is 0 Å². The monoisotopic (exact) mass is 310 g/mol. The van der Waals surface area contributed by atoms with Crippen LogP contribution >= 0.6 is 0 Å². The molecule has 1 atom stereocenters. The number of carbonyl (C=O) groups excluding carboxylic acids is 1. The highest BCUT2D eigenvalue weighted by atomic mass is 16.6. The van der Waals surface area contributed by atoms with Gasteiger partial charge in [-0.15, -0.1) is 6.58 Å². The van der Waals surface area contributed by atoms with E-state index in [0.717, 1.165) is 19.3 Å². The number of hydrogen-bond acceptors (Lipinski definition) is 2. The molecule has 0 aliphatic carbocycles. The molecule has 0 aromatic rings. The molecule has 0 N–H and O–H groups in total. The molecule has 2 heteroatoms. The second-order valence-corrected chi connectivity index (χ2v) is 7.37. The van der Waals surface area contributed by atoms with Crippen LogP contribution in [0.1, 0.15) is 98.3 Å². The van der Waals surface area contributed by atoms with Crippen molar-refractivity contribution in [2.24, 2.45) is 5.92 Å². The summed E-state index contributed by atoms with van der Waals surface area (Å²) >= 11 is 0. The van der Waals surface area contributed by atoms with Crippen LogP contribution in [0, 0.1) is 5.92 Å². The summed E-state index contributed by atoms with van der Waals surface area (Å²) in [5.41, 5.74) is -0.394. The maximum atomic E-state index is 12.1. The number of ether oxygens (including phenoxy) is 1. The molecule has 130 valence electrons. The van der Waals surface area contributed by atoms with Gasteiger partial charge in [-0.25, -0.2) is 0 Å². The highest BCUT2D eigenvalue weighted by Gasteiger charge is 2.23. The molecule has 0 radical (unpaired) electrons. The first-order chi connectivity index (χ1) is 10.4. The van der Waals surface area contributed by atoms with Crippen molar-refractivity contribution < 1.29 is 9.53 Å². The Morgan fingerprint density at radius 1 is 1.00 bits per heavy atom. The molecule has 0 aliphatic rings. The standard InChI is InChI=1S/C20H38O2/c1-6-8-9-10-11-12-13-14-15-17-18(16-7-2)19(21)22-20(3,4)5/h7,18H,2,6,8-17H2,1,3-5H3. The van der Waals surface area contributed by atoms with Gasteiger partial charge in [0.2, 0.25) is 0 Å². The van der Waals surface area contributed by atoms with Crippen LogP contribution < -0.4 is 0 Å². The molecule has 0 aromatic heterocycles. The first kappa shape index (κ1) is 21.2. The number of rotatable bonds is 13. The van der Waals surface area contributed by atoms with Crippen LogP contribution in [0.5, 0.6) is 0 Å². The average molecular weight is 311 g/mol. The van der Waals surface area contributed by atoms with Crippen molar-refractivity contribution in [3.05, 3.63) is 12.7 Å². The fourth-order valence-corrected chi connectivity index (χ4v) is 2.62. The molecule has 0 aliphatic heterocycles. The molecule has 0 saturated heterocycles. The lowest BCUT2D eigenvalue weighted by atomic mass is 9.96. The van der Waals surface area contributed by atoms with Crippen LogP contribution in [0.4, 0.5) is 0 Å². The van der Waals surface area contributed by atoms with Gasteiger partial charge in [0.15, 0.2) is 0 Å². The van der Waals surface area contributed by atoms with Crippen molar-refractivity contribution in [3.8, 4) is 0 Å². The lowest BCUT2D eigenvalue weighted by molar-refractivity contribution is -0.160. The van der Waals surface area contributed by atoms with Crippen LogP contribution in [0.3, 0.4) is 0 Å². The van der Waals surface area contributed by atoms with E-state index in [9.17, 15) is 4.79 Å². The molecule has 0 spiro atoms. The molecule has 22 heavy (non-hydrogen) atoms. The van der Waals surface area contributed by atoms with E-state index < -0.39 is 5.60 Å². The smallest absolute Gasteiger partial charge is 0.309 e. The molecule has 0 rings (SSSR count). The first-order valence-corrected chi connectivity index (χ1v) is 9.24. The largest absolute Gasteiger partial charge is 0.460 e. The van der Waals surface area contributed by atoms with Crippen LogP contribution in [0.15, 0.2) is 12.7 Å². The zero-order chi connectivity index (χ0) is 16.8. The molecule has 0 heterocycles. The van der Waals surface area contributed by atoms with Gasteiger partial charge in [-0.3, -0.25) is 4.79 Å². The molecule has 0 bridgehead atoms. The number of carbonyl (C=O) groups is 1. The summed E-state index contributed by atoms with van der Waals surface area (Å²) in [5, 5.41) is 0. The molecular formula is C20H38O2. The third kappa shape index (κ3) is 12.9. The molecule has 0 aromatic carbocycles. The summed E-state index contributed by atoms with van der Waals surface area (Å²) in [6, 6.07) is 0. The number of hydrogen-bond donors (Lipinski definition) is 0. The highest BCUT2D eigenvalue weighted by Crippen LogP contribution is 2.20. The Morgan fingerprint density at radius 2 is 1.50 bits per heavy atom. The minimum Gasteiger partial charge on any atom is -0.460 e. The van der Waals surface area contributed by atoms with Crippen molar-refractivity contribution in [3.63, 3.8) is 0 Å². The van der Waals surface area contributed by atoms with E-state index in [1.165, 1.54) is 51.4 Å². The zero-order valence-corrected chi connectivity index (χ0v) is 15.5. The minimum absolute atomic E-state index is 0.0127. The van der Waals surface area contributed by atoms with Crippen LogP contribution in [-0.4, -0.2) is 11.6 Å². The Morgan fingerprint density at radius 3 is 1.95 bits per heavy atom. The lowest BCUT2D eigenvalue weighted by Crippen LogP contribution is -2.28. The van der Waals surface area contributed by atoms with Gasteiger partial charge in [-0.1, -0.05) is 70.8 Å². The molecule has 1 unspecified atom stereocenters. The number of esters is 1. The Labute approximate surface area is 138 Å². The fourth-order valence-electron chi connectivity index (χ4n) is 2.62. The SMILES string of the molecule is C=CCC(CCCCCCCCCCC)C(=O)OC(C)(C)C. The molecule has 0 fully saturated rings. The third-order valence-corrected chi connectivity index (χ3v) is 3.85. The summed E-state index contributed by atoms with van der Waals surface area (Å²) in [6.07, 6.45) is 15.3. The van der Waals surface area contributed by atoms with Crippen LogP contribution in [-0.2, 0) is 9.53 Å². The van der Waals surface area contributed by atoms with E-state index in [1.54, 1.807) is 0 Å². The van der Waals surface area contributed by atoms with Crippen LogP contribution in [0.25, 0.3) is 0 Å². The Bertz CT molecular complexity index is 289. The normalized spacial score (nSPS) is 12.9. The number of allylic oxidation sites excluding steroid dienone is 1. The first-order valence-electron chi connectivity index (χ1n) is 9.24. The van der Waals surface area contributed by atoms with Gasteiger partial charge < -0.3 is 4.74 Å². The van der Waals surface area contributed by atoms with Gasteiger partial charge >= 0.3 is 5.97 Å². The van der Waals surface area contributed by atoms with Crippen molar-refractivity contribution in [2.45, 2.75) is 104 Å². The number of unbranched alkanes of at least 4 members (excludes halogenated alkanes) is 8. The fraction of sp³-hybridized carbons (Fsp3) is 0.850. The van der Waals surface area contributed by atoms with Gasteiger partial charge in [0, 0.05) is 0 Å². The topological polar surface area (TPSA) is 26.3 Å². The Kier molecular flexibility index (Phi) is 12.3. The second-order valence-electron chi connectivity index (χ2n) is 7.37. The van der Waals surface area contributed by atoms with Crippen molar-refractivity contribution >= 4 is 5.97 Å². The highest BCUT2D eigenvalue weighted by molar-refractivity contribution is 5.73. The summed E-state index contributed by atoms with van der Waals surface area (Å²) in [5.74, 6) is -0.0757. The molecule has 0 saturated carbocycles. The predicted octanol–water partition coefficient (Wildman–Crippen LogP) is 6.44. The maximum absolute atomic E-state index is 12.1. The Balaban J connectivity index is 3.78. The van der Waals surface area contributed by atoms with E-state index >= 15 is 0 Å². The summed E-state index contributed by atoms with van der Waals surface area (Å²) in [7, 11) is 0. The van der Waals surface area contributed by atoms with E-state index in [0.29, 0.717) is 0 Å².